The minimum Gasteiger partial charge on any atom is -0.490 e. The third-order valence-electron chi connectivity index (χ3n) is 3.19. The summed E-state index contributed by atoms with van der Waals surface area (Å²) >= 11 is 5.96. The third-order valence-corrected chi connectivity index (χ3v) is 3.51. The smallest absolute Gasteiger partial charge is 0.250 e. The summed E-state index contributed by atoms with van der Waals surface area (Å²) < 4.78 is 5.78. The van der Waals surface area contributed by atoms with E-state index in [9.17, 15) is 4.79 Å². The molecule has 0 saturated heterocycles. The second-order valence-electron chi connectivity index (χ2n) is 4.64. The van der Waals surface area contributed by atoms with Crippen molar-refractivity contribution in [3.63, 3.8) is 0 Å². The zero-order chi connectivity index (χ0) is 13.1. The van der Waals surface area contributed by atoms with Gasteiger partial charge in [0.05, 0.1) is 16.7 Å². The van der Waals surface area contributed by atoms with E-state index in [4.69, 9.17) is 22.1 Å². The first-order valence-electron chi connectivity index (χ1n) is 6.00. The van der Waals surface area contributed by atoms with Crippen molar-refractivity contribution in [2.75, 3.05) is 13.6 Å². The van der Waals surface area contributed by atoms with Crippen molar-refractivity contribution in [3.8, 4) is 5.75 Å². The number of hydrogen-bond donors (Lipinski definition) is 2. The van der Waals surface area contributed by atoms with Crippen LogP contribution >= 0.6 is 11.6 Å². The van der Waals surface area contributed by atoms with Crippen molar-refractivity contribution >= 4 is 17.5 Å². The quantitative estimate of drug-likeness (QED) is 0.856. The Hall–Kier alpha value is -1.26. The monoisotopic (exact) mass is 268 g/mol. The van der Waals surface area contributed by atoms with Crippen LogP contribution in [-0.4, -0.2) is 25.6 Å². The number of nitrogens with one attached hydrogen (secondary N) is 1. The number of rotatable bonds is 5. The molecule has 1 aliphatic carbocycles. The number of nitrogens with two attached hydrogens (primary N) is 1. The number of carbonyl (C=O) groups excluding carboxylic acids is 1. The van der Waals surface area contributed by atoms with Gasteiger partial charge < -0.3 is 15.8 Å². The van der Waals surface area contributed by atoms with Gasteiger partial charge in [-0.2, -0.15) is 0 Å². The molecule has 18 heavy (non-hydrogen) atoms. The molecule has 0 aromatic heterocycles. The van der Waals surface area contributed by atoms with Gasteiger partial charge in [0.2, 0.25) is 5.91 Å². The molecule has 1 saturated carbocycles. The number of halogens is 1. The summed E-state index contributed by atoms with van der Waals surface area (Å²) in [4.78, 5) is 11.0. The van der Waals surface area contributed by atoms with Crippen molar-refractivity contribution in [3.05, 3.63) is 28.8 Å². The van der Waals surface area contributed by atoms with Gasteiger partial charge in [0.1, 0.15) is 5.75 Å². The lowest BCUT2D eigenvalue weighted by Gasteiger charge is -2.35. The zero-order valence-corrected chi connectivity index (χ0v) is 11.0. The molecule has 2 rings (SSSR count). The fourth-order valence-corrected chi connectivity index (χ4v) is 2.45. The van der Waals surface area contributed by atoms with Crippen molar-refractivity contribution in [1.29, 1.82) is 0 Å². The average Bonchev–Trinajstić information content (AvgIpc) is 2.26. The van der Waals surface area contributed by atoms with Gasteiger partial charge in [-0.05, 0) is 50.6 Å². The lowest BCUT2D eigenvalue weighted by atomic mass is 9.82. The van der Waals surface area contributed by atoms with Crippen LogP contribution in [0.25, 0.3) is 0 Å². The van der Waals surface area contributed by atoms with E-state index in [2.05, 4.69) is 5.32 Å². The van der Waals surface area contributed by atoms with Crippen molar-refractivity contribution in [1.82, 2.24) is 5.32 Å². The maximum atomic E-state index is 11.0. The van der Waals surface area contributed by atoms with Gasteiger partial charge in [-0.3, -0.25) is 4.79 Å². The lowest BCUT2D eigenvalue weighted by Crippen LogP contribution is -2.38. The van der Waals surface area contributed by atoms with E-state index in [1.54, 1.807) is 18.2 Å². The molecule has 1 fully saturated rings. The molecule has 1 aromatic carbocycles. The maximum Gasteiger partial charge on any atom is 0.250 e. The van der Waals surface area contributed by atoms with Crippen molar-refractivity contribution < 1.29 is 9.53 Å². The van der Waals surface area contributed by atoms with Crippen LogP contribution in [-0.2, 0) is 0 Å². The molecular weight excluding hydrogens is 252 g/mol. The second-order valence-corrected chi connectivity index (χ2v) is 5.05. The Labute approximate surface area is 111 Å². The molecule has 98 valence electrons. The van der Waals surface area contributed by atoms with Crippen LogP contribution in [0.1, 0.15) is 23.2 Å². The standard InChI is InChI=1S/C13H17ClN2O2/c1-16-7-8-4-10(5-8)18-9-2-3-11(13(15)17)12(14)6-9/h2-3,6,8,10,16H,4-5,7H2,1H3,(H2,15,17). The minimum atomic E-state index is -0.524. The van der Waals surface area contributed by atoms with Crippen LogP contribution in [0, 0.1) is 5.92 Å². The Kier molecular flexibility index (Phi) is 4.09. The van der Waals surface area contributed by atoms with Gasteiger partial charge >= 0.3 is 0 Å². The van der Waals surface area contributed by atoms with E-state index >= 15 is 0 Å². The molecule has 5 heteroatoms. The van der Waals surface area contributed by atoms with Gasteiger partial charge in [-0.15, -0.1) is 0 Å². The number of amides is 1. The summed E-state index contributed by atoms with van der Waals surface area (Å²) in [6.45, 7) is 1.03. The highest BCUT2D eigenvalue weighted by Crippen LogP contribution is 2.32. The van der Waals surface area contributed by atoms with Gasteiger partial charge in [-0.25, -0.2) is 0 Å². The van der Waals surface area contributed by atoms with E-state index in [1.807, 2.05) is 7.05 Å². The Morgan fingerprint density at radius 1 is 1.56 bits per heavy atom. The second kappa shape index (κ2) is 5.59. The van der Waals surface area contributed by atoms with E-state index in [-0.39, 0.29) is 6.10 Å². The van der Waals surface area contributed by atoms with Crippen LogP contribution < -0.4 is 15.8 Å². The number of hydrogen-bond acceptors (Lipinski definition) is 3. The molecule has 0 bridgehead atoms. The van der Waals surface area contributed by atoms with E-state index < -0.39 is 5.91 Å². The highest BCUT2D eigenvalue weighted by molar-refractivity contribution is 6.33. The normalized spacial score (nSPS) is 22.3. The van der Waals surface area contributed by atoms with Crippen LogP contribution in [0.3, 0.4) is 0 Å². The van der Waals surface area contributed by atoms with Crippen LogP contribution in [0.5, 0.6) is 5.75 Å². The van der Waals surface area contributed by atoms with E-state index in [0.717, 1.165) is 19.4 Å². The van der Waals surface area contributed by atoms with Gasteiger partial charge in [0.15, 0.2) is 0 Å². The lowest BCUT2D eigenvalue weighted by molar-refractivity contribution is 0.0657. The predicted octanol–water partition coefficient (Wildman–Crippen LogP) is 1.82. The Bertz CT molecular complexity index is 445. The third kappa shape index (κ3) is 2.94. The fourth-order valence-electron chi connectivity index (χ4n) is 2.19. The average molecular weight is 269 g/mol. The largest absolute Gasteiger partial charge is 0.490 e. The number of carbonyl (C=O) groups is 1. The Balaban J connectivity index is 1.92. The summed E-state index contributed by atoms with van der Waals surface area (Å²) in [5.74, 6) is 0.863. The SMILES string of the molecule is CNCC1CC(Oc2ccc(C(N)=O)c(Cl)c2)C1. The topological polar surface area (TPSA) is 64.3 Å². The summed E-state index contributed by atoms with van der Waals surface area (Å²) in [5.41, 5.74) is 5.51. The molecule has 0 radical (unpaired) electrons. The molecule has 1 aliphatic rings. The highest BCUT2D eigenvalue weighted by atomic mass is 35.5. The molecule has 1 aromatic rings. The predicted molar refractivity (Wildman–Crippen MR) is 71.0 cm³/mol. The highest BCUT2D eigenvalue weighted by Gasteiger charge is 2.30. The number of benzene rings is 1. The summed E-state index contributed by atoms with van der Waals surface area (Å²) in [6, 6.07) is 4.98. The molecule has 4 nitrogen and oxygen atoms in total. The van der Waals surface area contributed by atoms with Gasteiger partial charge in [0, 0.05) is 0 Å². The number of primary amides is 1. The molecule has 1 amide bonds. The number of ether oxygens (including phenoxy) is 1. The maximum absolute atomic E-state index is 11.0. The van der Waals surface area contributed by atoms with E-state index in [1.165, 1.54) is 0 Å². The summed E-state index contributed by atoms with van der Waals surface area (Å²) in [5, 5.41) is 3.49. The summed E-state index contributed by atoms with van der Waals surface area (Å²) in [6.07, 6.45) is 2.35. The zero-order valence-electron chi connectivity index (χ0n) is 10.3. The van der Waals surface area contributed by atoms with E-state index in [0.29, 0.717) is 22.3 Å². The first-order valence-corrected chi connectivity index (χ1v) is 6.38. The molecule has 0 heterocycles. The Morgan fingerprint density at radius 3 is 2.83 bits per heavy atom. The van der Waals surface area contributed by atoms with Crippen LogP contribution in [0.4, 0.5) is 0 Å². The Morgan fingerprint density at radius 2 is 2.28 bits per heavy atom. The first kappa shape index (κ1) is 13.2. The molecular formula is C13H17ClN2O2. The molecule has 0 unspecified atom stereocenters. The minimum absolute atomic E-state index is 0.249. The first-order chi connectivity index (χ1) is 8.60. The van der Waals surface area contributed by atoms with Crippen LogP contribution in [0.2, 0.25) is 5.02 Å². The van der Waals surface area contributed by atoms with Gasteiger partial charge in [0.25, 0.3) is 0 Å². The molecule has 0 aliphatic heterocycles. The molecule has 0 atom stereocenters. The van der Waals surface area contributed by atoms with Crippen LogP contribution in [0.15, 0.2) is 18.2 Å². The molecule has 0 spiro atoms. The fraction of sp³-hybridized carbons (Fsp3) is 0.462. The summed E-state index contributed by atoms with van der Waals surface area (Å²) in [7, 11) is 1.95. The molecule has 3 N–H and O–H groups in total. The van der Waals surface area contributed by atoms with Gasteiger partial charge in [-0.1, -0.05) is 11.6 Å². The van der Waals surface area contributed by atoms with Crippen molar-refractivity contribution in [2.45, 2.75) is 18.9 Å². The van der Waals surface area contributed by atoms with Crippen molar-refractivity contribution in [2.24, 2.45) is 11.7 Å².